The highest BCUT2D eigenvalue weighted by atomic mass is 16.4. The first kappa shape index (κ1) is 9.93. The fourth-order valence-electron chi connectivity index (χ4n) is 1.37. The lowest BCUT2D eigenvalue weighted by Gasteiger charge is -2.04. The summed E-state index contributed by atoms with van der Waals surface area (Å²) in [5.74, 6) is -1.02. The molecule has 5 nitrogen and oxygen atoms in total. The van der Waals surface area contributed by atoms with Crippen LogP contribution in [0, 0.1) is 11.3 Å². The largest absolute Gasteiger partial charge is 0.478 e. The maximum Gasteiger partial charge on any atom is 0.337 e. The maximum absolute atomic E-state index is 11.0. The van der Waals surface area contributed by atoms with Crippen LogP contribution in [0.25, 0.3) is 5.69 Å². The van der Waals surface area contributed by atoms with Gasteiger partial charge in [0.1, 0.15) is 6.07 Å². The van der Waals surface area contributed by atoms with Gasteiger partial charge in [-0.3, -0.25) is 0 Å². The molecular weight excluding hydrogens is 206 g/mol. The van der Waals surface area contributed by atoms with Crippen molar-refractivity contribution >= 4 is 5.97 Å². The van der Waals surface area contributed by atoms with Gasteiger partial charge in [0.25, 0.3) is 0 Å². The van der Waals surface area contributed by atoms with Crippen molar-refractivity contribution in [1.29, 1.82) is 5.26 Å². The molecule has 0 spiro atoms. The van der Waals surface area contributed by atoms with Gasteiger partial charge in [-0.15, -0.1) is 0 Å². The Morgan fingerprint density at radius 1 is 1.44 bits per heavy atom. The molecule has 0 atom stereocenters. The summed E-state index contributed by atoms with van der Waals surface area (Å²) in [6, 6.07) is 8.42. The lowest BCUT2D eigenvalue weighted by atomic mass is 10.2. The number of rotatable bonds is 2. The predicted octanol–water partition coefficient (Wildman–Crippen LogP) is 1.44. The summed E-state index contributed by atoms with van der Waals surface area (Å²) >= 11 is 0. The van der Waals surface area contributed by atoms with E-state index in [0.717, 1.165) is 0 Å². The summed E-state index contributed by atoms with van der Waals surface area (Å²) in [4.78, 5) is 11.0. The number of aromatic carboxylic acids is 1. The van der Waals surface area contributed by atoms with Crippen LogP contribution in [0.1, 0.15) is 15.9 Å². The minimum Gasteiger partial charge on any atom is -0.478 e. The number of benzene rings is 1. The van der Waals surface area contributed by atoms with Crippen LogP contribution in [0.3, 0.4) is 0 Å². The second-order valence-electron chi connectivity index (χ2n) is 3.11. The van der Waals surface area contributed by atoms with E-state index in [9.17, 15) is 4.79 Å². The van der Waals surface area contributed by atoms with Crippen LogP contribution in [0.4, 0.5) is 0 Å². The van der Waals surface area contributed by atoms with Gasteiger partial charge in [0.2, 0.25) is 0 Å². The van der Waals surface area contributed by atoms with Gasteiger partial charge < -0.3 is 5.11 Å². The monoisotopic (exact) mass is 213 g/mol. The first-order chi connectivity index (χ1) is 7.72. The molecule has 1 N–H and O–H groups in total. The second kappa shape index (κ2) is 3.87. The average Bonchev–Trinajstić information content (AvgIpc) is 2.77. The Hall–Kier alpha value is -2.61. The van der Waals surface area contributed by atoms with E-state index >= 15 is 0 Å². The number of carbonyl (C=O) groups is 1. The van der Waals surface area contributed by atoms with Gasteiger partial charge in [0, 0.05) is 6.20 Å². The Labute approximate surface area is 91.2 Å². The Morgan fingerprint density at radius 2 is 2.19 bits per heavy atom. The molecule has 0 aliphatic heterocycles. The molecule has 0 amide bonds. The molecule has 16 heavy (non-hydrogen) atoms. The van der Waals surface area contributed by atoms with E-state index in [1.165, 1.54) is 23.1 Å². The van der Waals surface area contributed by atoms with E-state index in [2.05, 4.69) is 5.10 Å². The summed E-state index contributed by atoms with van der Waals surface area (Å²) in [5, 5.41) is 21.6. The smallest absolute Gasteiger partial charge is 0.337 e. The molecule has 2 aromatic rings. The zero-order valence-electron chi connectivity index (χ0n) is 8.16. The zero-order chi connectivity index (χ0) is 11.5. The molecule has 0 fully saturated rings. The summed E-state index contributed by atoms with van der Waals surface area (Å²) in [6.45, 7) is 0. The molecule has 78 valence electrons. The van der Waals surface area contributed by atoms with Gasteiger partial charge in [-0.1, -0.05) is 12.1 Å². The molecular formula is C11H7N3O2. The van der Waals surface area contributed by atoms with Crippen molar-refractivity contribution in [3.63, 3.8) is 0 Å². The van der Waals surface area contributed by atoms with E-state index in [4.69, 9.17) is 10.4 Å². The zero-order valence-corrected chi connectivity index (χ0v) is 8.16. The Morgan fingerprint density at radius 3 is 2.81 bits per heavy atom. The van der Waals surface area contributed by atoms with Gasteiger partial charge in [-0.05, 0) is 12.1 Å². The van der Waals surface area contributed by atoms with Crippen LogP contribution < -0.4 is 0 Å². The molecule has 0 bridgehead atoms. The van der Waals surface area contributed by atoms with E-state index in [-0.39, 0.29) is 5.56 Å². The molecule has 1 aromatic heterocycles. The third-order valence-corrected chi connectivity index (χ3v) is 2.09. The molecule has 2 rings (SSSR count). The van der Waals surface area contributed by atoms with Crippen molar-refractivity contribution in [2.24, 2.45) is 0 Å². The number of nitrogens with zero attached hydrogens (tertiary/aromatic N) is 3. The number of hydrogen-bond donors (Lipinski definition) is 1. The Bertz CT molecular complexity index is 581. The Balaban J connectivity index is 2.56. The van der Waals surface area contributed by atoms with E-state index in [1.807, 2.05) is 6.07 Å². The third kappa shape index (κ3) is 1.64. The van der Waals surface area contributed by atoms with Crippen LogP contribution in [0.15, 0.2) is 36.7 Å². The molecule has 0 aliphatic rings. The van der Waals surface area contributed by atoms with Gasteiger partial charge in [0.05, 0.1) is 23.0 Å². The predicted molar refractivity (Wildman–Crippen MR) is 55.2 cm³/mol. The summed E-state index contributed by atoms with van der Waals surface area (Å²) in [7, 11) is 0. The summed E-state index contributed by atoms with van der Waals surface area (Å²) < 4.78 is 1.38. The van der Waals surface area contributed by atoms with Gasteiger partial charge >= 0.3 is 5.97 Å². The first-order valence-corrected chi connectivity index (χ1v) is 4.50. The maximum atomic E-state index is 11.0. The van der Waals surface area contributed by atoms with Crippen molar-refractivity contribution in [3.8, 4) is 11.8 Å². The molecule has 0 saturated carbocycles. The Kier molecular flexibility index (Phi) is 2.40. The number of hydrogen-bond acceptors (Lipinski definition) is 3. The first-order valence-electron chi connectivity index (χ1n) is 4.50. The van der Waals surface area contributed by atoms with Crippen molar-refractivity contribution < 1.29 is 9.90 Å². The summed E-state index contributed by atoms with van der Waals surface area (Å²) in [6.07, 6.45) is 2.88. The van der Waals surface area contributed by atoms with Crippen molar-refractivity contribution in [2.75, 3.05) is 0 Å². The minimum absolute atomic E-state index is 0.148. The fraction of sp³-hybridized carbons (Fsp3) is 0. The number of para-hydroxylation sites is 1. The van der Waals surface area contributed by atoms with Gasteiger partial charge in [-0.25, -0.2) is 9.48 Å². The van der Waals surface area contributed by atoms with Crippen LogP contribution in [0.5, 0.6) is 0 Å². The molecule has 5 heteroatoms. The average molecular weight is 213 g/mol. The molecule has 0 aliphatic carbocycles. The second-order valence-corrected chi connectivity index (χ2v) is 3.11. The van der Waals surface area contributed by atoms with Crippen LogP contribution in [0.2, 0.25) is 0 Å². The highest BCUT2D eigenvalue weighted by Gasteiger charge is 2.11. The molecule has 0 radical (unpaired) electrons. The number of aromatic nitrogens is 2. The highest BCUT2D eigenvalue weighted by Crippen LogP contribution is 2.14. The van der Waals surface area contributed by atoms with Gasteiger partial charge in [0.15, 0.2) is 0 Å². The quantitative estimate of drug-likeness (QED) is 0.818. The van der Waals surface area contributed by atoms with Crippen molar-refractivity contribution in [2.45, 2.75) is 0 Å². The standard InChI is InChI=1S/C11H7N3O2/c12-5-8-6-13-14(7-8)10-4-2-1-3-9(10)11(15)16/h1-4,6-7H,(H,15,16). The normalized spacial score (nSPS) is 9.69. The van der Waals surface area contributed by atoms with E-state index < -0.39 is 5.97 Å². The molecule has 0 unspecified atom stereocenters. The lowest BCUT2D eigenvalue weighted by Crippen LogP contribution is -2.05. The van der Waals surface area contributed by atoms with Crippen LogP contribution in [-0.4, -0.2) is 20.9 Å². The highest BCUT2D eigenvalue weighted by molar-refractivity contribution is 5.91. The lowest BCUT2D eigenvalue weighted by molar-refractivity contribution is 0.0696. The van der Waals surface area contributed by atoms with Crippen molar-refractivity contribution in [1.82, 2.24) is 9.78 Å². The molecule has 1 heterocycles. The fourth-order valence-corrected chi connectivity index (χ4v) is 1.37. The number of carboxylic acid groups (broad SMARTS) is 1. The minimum atomic E-state index is -1.02. The van der Waals surface area contributed by atoms with Crippen LogP contribution >= 0.6 is 0 Å². The summed E-state index contributed by atoms with van der Waals surface area (Å²) in [5.41, 5.74) is 0.979. The topological polar surface area (TPSA) is 78.9 Å². The van der Waals surface area contributed by atoms with E-state index in [1.54, 1.807) is 18.2 Å². The van der Waals surface area contributed by atoms with Gasteiger partial charge in [-0.2, -0.15) is 10.4 Å². The molecule has 1 aromatic carbocycles. The van der Waals surface area contributed by atoms with Crippen molar-refractivity contribution in [3.05, 3.63) is 47.8 Å². The SMILES string of the molecule is N#Cc1cnn(-c2ccccc2C(=O)O)c1. The number of nitriles is 1. The van der Waals surface area contributed by atoms with E-state index in [0.29, 0.717) is 11.3 Å². The van der Waals surface area contributed by atoms with Crippen LogP contribution in [-0.2, 0) is 0 Å². The third-order valence-electron chi connectivity index (χ3n) is 2.09. The number of carboxylic acids is 1. The molecule has 0 saturated heterocycles.